The van der Waals surface area contributed by atoms with Crippen molar-refractivity contribution in [2.45, 2.75) is 25.9 Å². The quantitative estimate of drug-likeness (QED) is 0.844. The van der Waals surface area contributed by atoms with Crippen LogP contribution in [0.25, 0.3) is 0 Å². The lowest BCUT2D eigenvalue weighted by Gasteiger charge is -2.34. The third-order valence-corrected chi connectivity index (χ3v) is 3.78. The molecule has 0 saturated carbocycles. The van der Waals surface area contributed by atoms with E-state index in [1.807, 2.05) is 6.92 Å². The third kappa shape index (κ3) is 3.88. The van der Waals surface area contributed by atoms with E-state index in [1.54, 1.807) is 12.1 Å². The third-order valence-electron chi connectivity index (χ3n) is 3.78. The number of aliphatic hydroxyl groups is 1. The van der Waals surface area contributed by atoms with Gasteiger partial charge in [-0.2, -0.15) is 0 Å². The molecule has 0 bridgehead atoms. The second-order valence-corrected chi connectivity index (χ2v) is 5.57. The number of halogens is 1. The number of hydrogen-bond donors (Lipinski definition) is 1. The molecule has 0 spiro atoms. The first kappa shape index (κ1) is 14.2. The van der Waals surface area contributed by atoms with Crippen LogP contribution in [0.4, 0.5) is 4.39 Å². The van der Waals surface area contributed by atoms with E-state index >= 15 is 0 Å². The molecule has 0 aliphatic carbocycles. The van der Waals surface area contributed by atoms with E-state index < -0.39 is 6.10 Å². The smallest absolute Gasteiger partial charge is 0.123 e. The summed E-state index contributed by atoms with van der Waals surface area (Å²) in [7, 11) is 0. The molecular weight excluding hydrogens is 241 g/mol. The molecule has 1 unspecified atom stereocenters. The molecule has 0 aromatic heterocycles. The highest BCUT2D eigenvalue weighted by atomic mass is 19.1. The van der Waals surface area contributed by atoms with Gasteiger partial charge in [-0.3, -0.25) is 4.90 Å². The van der Waals surface area contributed by atoms with Crippen molar-refractivity contribution >= 4 is 0 Å². The molecule has 2 rings (SSSR count). The maximum absolute atomic E-state index is 12.9. The maximum Gasteiger partial charge on any atom is 0.123 e. The number of piperidine rings is 1. The second-order valence-electron chi connectivity index (χ2n) is 5.57. The summed E-state index contributed by atoms with van der Waals surface area (Å²) in [6, 6.07) is 6.18. The predicted molar refractivity (Wildman–Crippen MR) is 75.3 cm³/mol. The van der Waals surface area contributed by atoms with E-state index in [9.17, 15) is 9.50 Å². The minimum atomic E-state index is -0.479. The standard InChI is InChI=1S/C16H22FNO/c1-12(2)11-18-9-7-14(8-10-18)16(19)13-3-5-15(17)6-4-13/h3-6,14,16,19H,1,7-11H2,2H3. The highest BCUT2D eigenvalue weighted by molar-refractivity contribution is 5.19. The molecule has 19 heavy (non-hydrogen) atoms. The van der Waals surface area contributed by atoms with E-state index in [0.717, 1.165) is 38.0 Å². The molecule has 1 aromatic carbocycles. The molecule has 1 heterocycles. The molecule has 3 heteroatoms. The summed E-state index contributed by atoms with van der Waals surface area (Å²) in [5.41, 5.74) is 2.00. The molecule has 1 fully saturated rings. The van der Waals surface area contributed by atoms with Crippen LogP contribution >= 0.6 is 0 Å². The summed E-state index contributed by atoms with van der Waals surface area (Å²) in [4.78, 5) is 2.37. The Kier molecular flexibility index (Phi) is 4.72. The maximum atomic E-state index is 12.9. The fourth-order valence-corrected chi connectivity index (χ4v) is 2.74. The van der Waals surface area contributed by atoms with Crippen LogP contribution in [0.3, 0.4) is 0 Å². The van der Waals surface area contributed by atoms with Gasteiger partial charge in [0.25, 0.3) is 0 Å². The van der Waals surface area contributed by atoms with E-state index in [4.69, 9.17) is 0 Å². The van der Waals surface area contributed by atoms with Gasteiger partial charge < -0.3 is 5.11 Å². The monoisotopic (exact) mass is 263 g/mol. The topological polar surface area (TPSA) is 23.5 Å². The molecule has 1 aliphatic heterocycles. The Morgan fingerprint density at radius 1 is 1.37 bits per heavy atom. The van der Waals surface area contributed by atoms with Gasteiger partial charge in [0, 0.05) is 6.54 Å². The molecule has 1 N–H and O–H groups in total. The van der Waals surface area contributed by atoms with Crippen LogP contribution in [0, 0.1) is 11.7 Å². The van der Waals surface area contributed by atoms with Crippen molar-refractivity contribution in [3.8, 4) is 0 Å². The van der Waals surface area contributed by atoms with Gasteiger partial charge in [-0.1, -0.05) is 24.3 Å². The molecule has 104 valence electrons. The lowest BCUT2D eigenvalue weighted by Crippen LogP contribution is -2.36. The molecule has 2 nitrogen and oxygen atoms in total. The minimum Gasteiger partial charge on any atom is -0.388 e. The van der Waals surface area contributed by atoms with Crippen LogP contribution in [0.2, 0.25) is 0 Å². The predicted octanol–water partition coefficient (Wildman–Crippen LogP) is 3.15. The first-order valence-electron chi connectivity index (χ1n) is 6.86. The van der Waals surface area contributed by atoms with Gasteiger partial charge in [-0.25, -0.2) is 4.39 Å². The van der Waals surface area contributed by atoms with Gasteiger partial charge in [-0.15, -0.1) is 0 Å². The fourth-order valence-electron chi connectivity index (χ4n) is 2.74. The van der Waals surface area contributed by atoms with Crippen molar-refractivity contribution in [1.29, 1.82) is 0 Å². The number of benzene rings is 1. The Morgan fingerprint density at radius 2 is 1.95 bits per heavy atom. The minimum absolute atomic E-state index is 0.257. The van der Waals surface area contributed by atoms with Crippen molar-refractivity contribution in [2.75, 3.05) is 19.6 Å². The summed E-state index contributed by atoms with van der Waals surface area (Å²) in [6.45, 7) is 8.91. The average molecular weight is 263 g/mol. The number of likely N-dealkylation sites (tertiary alicyclic amines) is 1. The zero-order chi connectivity index (χ0) is 13.8. The van der Waals surface area contributed by atoms with Crippen LogP contribution < -0.4 is 0 Å². The SMILES string of the molecule is C=C(C)CN1CCC(C(O)c2ccc(F)cc2)CC1. The summed E-state index contributed by atoms with van der Waals surface area (Å²) < 4.78 is 12.9. The summed E-state index contributed by atoms with van der Waals surface area (Å²) in [6.07, 6.45) is 1.48. The van der Waals surface area contributed by atoms with E-state index in [1.165, 1.54) is 17.7 Å². The summed E-state index contributed by atoms with van der Waals surface area (Å²) in [5.74, 6) is 0.0130. The molecule has 1 atom stereocenters. The Hall–Kier alpha value is -1.19. The van der Waals surface area contributed by atoms with Crippen molar-refractivity contribution < 1.29 is 9.50 Å². The zero-order valence-electron chi connectivity index (χ0n) is 11.5. The highest BCUT2D eigenvalue weighted by Crippen LogP contribution is 2.30. The van der Waals surface area contributed by atoms with E-state index in [-0.39, 0.29) is 11.7 Å². The van der Waals surface area contributed by atoms with Gasteiger partial charge >= 0.3 is 0 Å². The summed E-state index contributed by atoms with van der Waals surface area (Å²) >= 11 is 0. The lowest BCUT2D eigenvalue weighted by atomic mass is 9.87. The molecular formula is C16H22FNO. The number of rotatable bonds is 4. The highest BCUT2D eigenvalue weighted by Gasteiger charge is 2.26. The Morgan fingerprint density at radius 3 is 2.47 bits per heavy atom. The molecule has 1 aliphatic rings. The number of aliphatic hydroxyl groups excluding tert-OH is 1. The average Bonchev–Trinajstić information content (AvgIpc) is 2.39. The summed E-state index contributed by atoms with van der Waals surface area (Å²) in [5, 5.41) is 10.3. The first-order chi connectivity index (χ1) is 9.06. The van der Waals surface area contributed by atoms with Gasteiger partial charge in [0.1, 0.15) is 5.82 Å². The van der Waals surface area contributed by atoms with Crippen LogP contribution in [0.5, 0.6) is 0 Å². The van der Waals surface area contributed by atoms with Gasteiger partial charge in [0.2, 0.25) is 0 Å². The van der Waals surface area contributed by atoms with E-state index in [2.05, 4.69) is 11.5 Å². The van der Waals surface area contributed by atoms with Crippen LogP contribution in [-0.2, 0) is 0 Å². The van der Waals surface area contributed by atoms with Gasteiger partial charge in [0.05, 0.1) is 6.10 Å². The van der Waals surface area contributed by atoms with Crippen LogP contribution in [0.1, 0.15) is 31.4 Å². The molecule has 0 radical (unpaired) electrons. The fraction of sp³-hybridized carbons (Fsp3) is 0.500. The normalized spacial score (nSPS) is 19.3. The zero-order valence-corrected chi connectivity index (χ0v) is 11.5. The molecule has 1 aromatic rings. The van der Waals surface area contributed by atoms with Gasteiger partial charge in [0.15, 0.2) is 0 Å². The van der Waals surface area contributed by atoms with Crippen LogP contribution in [-0.4, -0.2) is 29.6 Å². The van der Waals surface area contributed by atoms with Crippen molar-refractivity contribution in [1.82, 2.24) is 4.90 Å². The van der Waals surface area contributed by atoms with Crippen molar-refractivity contribution in [2.24, 2.45) is 5.92 Å². The lowest BCUT2D eigenvalue weighted by molar-refractivity contribution is 0.0614. The Bertz CT molecular complexity index is 421. The van der Waals surface area contributed by atoms with Crippen molar-refractivity contribution in [3.63, 3.8) is 0 Å². The Labute approximate surface area is 114 Å². The number of nitrogens with zero attached hydrogens (tertiary/aromatic N) is 1. The Balaban J connectivity index is 1.90. The molecule has 1 saturated heterocycles. The second kappa shape index (κ2) is 6.31. The molecule has 0 amide bonds. The number of hydrogen-bond acceptors (Lipinski definition) is 2. The largest absolute Gasteiger partial charge is 0.388 e. The van der Waals surface area contributed by atoms with Crippen LogP contribution in [0.15, 0.2) is 36.4 Å². The van der Waals surface area contributed by atoms with E-state index in [0.29, 0.717) is 0 Å². The van der Waals surface area contributed by atoms with Gasteiger partial charge in [-0.05, 0) is 56.5 Å². The first-order valence-corrected chi connectivity index (χ1v) is 6.86. The van der Waals surface area contributed by atoms with Crippen molar-refractivity contribution in [3.05, 3.63) is 47.8 Å².